The van der Waals surface area contributed by atoms with E-state index in [1.165, 1.54) is 0 Å². The third-order valence-electron chi connectivity index (χ3n) is 8.30. The normalized spacial score (nSPS) is 11.4. The number of aliphatic hydroxyl groups is 4. The van der Waals surface area contributed by atoms with Crippen LogP contribution in [0.25, 0.3) is 0 Å². The largest absolute Gasteiger partial charge is 0.494 e. The second-order valence-electron chi connectivity index (χ2n) is 11.6. The van der Waals surface area contributed by atoms with E-state index in [2.05, 4.69) is 43.3 Å². The van der Waals surface area contributed by atoms with Crippen molar-refractivity contribution in [2.45, 2.75) is 43.9 Å². The van der Waals surface area contributed by atoms with Gasteiger partial charge in [0.2, 0.25) is 0 Å². The topological polar surface area (TPSA) is 118 Å². The molecule has 0 unspecified atom stereocenters. The van der Waals surface area contributed by atoms with E-state index in [-0.39, 0.29) is 45.6 Å². The summed E-state index contributed by atoms with van der Waals surface area (Å²) in [6, 6.07) is 32.4. The highest BCUT2D eigenvalue weighted by Crippen LogP contribution is 2.43. The molecule has 8 nitrogen and oxygen atoms in total. The second kappa shape index (κ2) is 18.9. The number of ether oxygens (including phenoxy) is 4. The molecule has 0 atom stereocenters. The molecule has 0 spiro atoms. The Bertz CT molecular complexity index is 1350. The van der Waals surface area contributed by atoms with E-state index >= 15 is 0 Å². The summed E-state index contributed by atoms with van der Waals surface area (Å²) < 4.78 is 23.2. The quantitative estimate of drug-likeness (QED) is 0.0833. The lowest BCUT2D eigenvalue weighted by molar-refractivity contribution is 0.201. The Hall–Kier alpha value is -4.08. The summed E-state index contributed by atoms with van der Waals surface area (Å²) in [6.07, 6.45) is 2.73. The second-order valence-corrected chi connectivity index (χ2v) is 11.6. The molecule has 0 radical (unpaired) electrons. The summed E-state index contributed by atoms with van der Waals surface area (Å²) in [5.74, 6) is 2.96. The fourth-order valence-electron chi connectivity index (χ4n) is 5.70. The lowest BCUT2D eigenvalue weighted by atomic mass is 9.70. The average Bonchev–Trinajstić information content (AvgIpc) is 3.11. The predicted molar refractivity (Wildman–Crippen MR) is 183 cm³/mol. The number of aliphatic hydroxyl groups excluding tert-OH is 4. The lowest BCUT2D eigenvalue weighted by Gasteiger charge is -2.33. The zero-order valence-corrected chi connectivity index (χ0v) is 27.2. The van der Waals surface area contributed by atoms with E-state index in [1.807, 2.05) is 60.7 Å². The Kier molecular flexibility index (Phi) is 14.4. The summed E-state index contributed by atoms with van der Waals surface area (Å²) in [5, 5.41) is 37.0. The summed E-state index contributed by atoms with van der Waals surface area (Å²) >= 11 is 0. The molecule has 0 aliphatic carbocycles. The summed E-state index contributed by atoms with van der Waals surface area (Å²) in [7, 11) is 0. The van der Waals surface area contributed by atoms with Gasteiger partial charge < -0.3 is 39.4 Å². The van der Waals surface area contributed by atoms with Gasteiger partial charge >= 0.3 is 0 Å². The Morgan fingerprint density at radius 2 is 0.936 bits per heavy atom. The first-order valence-corrected chi connectivity index (χ1v) is 16.4. The minimum Gasteiger partial charge on any atom is -0.494 e. The number of hydrogen-bond acceptors (Lipinski definition) is 8. The van der Waals surface area contributed by atoms with Gasteiger partial charge in [-0.15, -0.1) is 0 Å². The van der Waals surface area contributed by atoms with Crippen LogP contribution in [0.15, 0.2) is 97.1 Å². The molecular weight excluding hydrogens is 596 g/mol. The van der Waals surface area contributed by atoms with Gasteiger partial charge in [-0.05, 0) is 83.6 Å². The molecule has 0 aliphatic heterocycles. The minimum atomic E-state index is -0.448. The van der Waals surface area contributed by atoms with Gasteiger partial charge in [-0.25, -0.2) is 0 Å². The molecule has 0 saturated carbocycles. The van der Waals surface area contributed by atoms with Crippen LogP contribution in [0.4, 0.5) is 0 Å². The maximum Gasteiger partial charge on any atom is 0.119 e. The van der Waals surface area contributed by atoms with Crippen LogP contribution in [0.2, 0.25) is 0 Å². The van der Waals surface area contributed by atoms with Crippen molar-refractivity contribution in [3.05, 3.63) is 119 Å². The van der Waals surface area contributed by atoms with Crippen molar-refractivity contribution in [2.24, 2.45) is 0 Å². The van der Waals surface area contributed by atoms with Crippen LogP contribution < -0.4 is 18.9 Å². The Morgan fingerprint density at radius 1 is 0.511 bits per heavy atom. The van der Waals surface area contributed by atoms with Crippen LogP contribution in [-0.4, -0.2) is 73.3 Å². The van der Waals surface area contributed by atoms with Crippen LogP contribution in [0.1, 0.15) is 60.8 Å². The summed E-state index contributed by atoms with van der Waals surface area (Å²) in [4.78, 5) is 0. The molecule has 0 aromatic heterocycles. The molecule has 8 heteroatoms. The van der Waals surface area contributed by atoms with Crippen molar-refractivity contribution in [2.75, 3.05) is 52.9 Å². The van der Waals surface area contributed by atoms with Crippen LogP contribution in [-0.2, 0) is 5.41 Å². The number of hydrogen-bond donors (Lipinski definition) is 4. The first-order valence-electron chi connectivity index (χ1n) is 16.4. The van der Waals surface area contributed by atoms with Crippen LogP contribution in [0, 0.1) is 0 Å². The molecule has 0 fully saturated rings. The van der Waals surface area contributed by atoms with Gasteiger partial charge in [0.1, 0.15) is 36.2 Å². The molecule has 47 heavy (non-hydrogen) atoms. The van der Waals surface area contributed by atoms with Gasteiger partial charge in [0, 0.05) is 37.4 Å². The molecule has 4 aromatic rings. The minimum absolute atomic E-state index is 0.0509. The van der Waals surface area contributed by atoms with Gasteiger partial charge in [0.15, 0.2) is 0 Å². The highest BCUT2D eigenvalue weighted by Gasteiger charge is 2.31. The van der Waals surface area contributed by atoms with Gasteiger partial charge in [-0.1, -0.05) is 55.5 Å². The molecule has 0 saturated heterocycles. The summed E-state index contributed by atoms with van der Waals surface area (Å²) in [5.41, 5.74) is 4.00. The molecule has 0 aliphatic rings. The van der Waals surface area contributed by atoms with E-state index in [0.717, 1.165) is 46.6 Å². The van der Waals surface area contributed by atoms with Gasteiger partial charge in [0.05, 0.1) is 26.4 Å². The third kappa shape index (κ3) is 10.5. The van der Waals surface area contributed by atoms with Crippen molar-refractivity contribution in [1.82, 2.24) is 0 Å². The molecule has 4 aromatic carbocycles. The van der Waals surface area contributed by atoms with Crippen LogP contribution in [0.5, 0.6) is 23.0 Å². The van der Waals surface area contributed by atoms with E-state index in [0.29, 0.717) is 37.6 Å². The van der Waals surface area contributed by atoms with Gasteiger partial charge in [-0.3, -0.25) is 0 Å². The van der Waals surface area contributed by atoms with Crippen molar-refractivity contribution in [3.8, 4) is 23.0 Å². The first-order chi connectivity index (χ1) is 23.0. The predicted octanol–water partition coefficient (Wildman–Crippen LogP) is 5.87. The Balaban J connectivity index is 1.70. The molecule has 0 bridgehead atoms. The fraction of sp³-hybridized carbons (Fsp3) is 0.385. The first kappa shape index (κ1) is 35.8. The standard InChI is InChI=1S/C39H48O8/c1-39(32-6-2-8-36(28-32)46-26-22-42,33-7-3-9-37(29-33)47-27-23-43)19-18-38(30-10-14-34(15-11-30)44-24-4-20-40)31-12-16-35(17-13-31)45-25-5-21-41/h2-3,6-17,28-29,38,40-43H,4-5,18-27H2,1H3. The van der Waals surface area contributed by atoms with E-state index in [9.17, 15) is 10.2 Å². The zero-order valence-electron chi connectivity index (χ0n) is 27.2. The summed E-state index contributed by atoms with van der Waals surface area (Å²) in [6.45, 7) is 3.62. The Morgan fingerprint density at radius 3 is 1.34 bits per heavy atom. The fourth-order valence-corrected chi connectivity index (χ4v) is 5.70. The van der Waals surface area contributed by atoms with E-state index in [1.54, 1.807) is 0 Å². The molecule has 4 N–H and O–H groups in total. The molecule has 252 valence electrons. The maximum atomic E-state index is 9.35. The van der Waals surface area contributed by atoms with Crippen molar-refractivity contribution in [3.63, 3.8) is 0 Å². The highest BCUT2D eigenvalue weighted by atomic mass is 16.5. The van der Waals surface area contributed by atoms with E-state index in [4.69, 9.17) is 29.2 Å². The SMILES string of the molecule is CC(CCC(c1ccc(OCCCO)cc1)c1ccc(OCCCO)cc1)(c1cccc(OCCO)c1)c1cccc(OCCO)c1. The molecule has 0 amide bonds. The molecular formula is C39H48O8. The monoisotopic (exact) mass is 644 g/mol. The number of rotatable bonds is 21. The lowest BCUT2D eigenvalue weighted by Crippen LogP contribution is -2.25. The molecule has 0 heterocycles. The third-order valence-corrected chi connectivity index (χ3v) is 8.30. The smallest absolute Gasteiger partial charge is 0.119 e. The maximum absolute atomic E-state index is 9.35. The van der Waals surface area contributed by atoms with E-state index < -0.39 is 5.41 Å². The van der Waals surface area contributed by atoms with Crippen molar-refractivity contribution >= 4 is 0 Å². The van der Waals surface area contributed by atoms with Crippen molar-refractivity contribution < 1.29 is 39.4 Å². The van der Waals surface area contributed by atoms with Gasteiger partial charge in [-0.2, -0.15) is 0 Å². The number of benzene rings is 4. The van der Waals surface area contributed by atoms with Gasteiger partial charge in [0.25, 0.3) is 0 Å². The van der Waals surface area contributed by atoms with Crippen LogP contribution in [0.3, 0.4) is 0 Å². The molecule has 4 rings (SSSR count). The average molecular weight is 645 g/mol. The highest BCUT2D eigenvalue weighted by molar-refractivity contribution is 5.45. The van der Waals surface area contributed by atoms with Crippen molar-refractivity contribution in [1.29, 1.82) is 0 Å². The Labute approximate surface area is 278 Å². The van der Waals surface area contributed by atoms with Crippen LogP contribution >= 0.6 is 0 Å². The zero-order chi connectivity index (χ0) is 33.3.